The maximum Gasteiger partial charge on any atom is 0.0919 e. The number of hydrogen-bond acceptors (Lipinski definition) is 2. The van der Waals surface area contributed by atoms with Crippen molar-refractivity contribution in [3.63, 3.8) is 0 Å². The Morgan fingerprint density at radius 2 is 1.72 bits per heavy atom. The van der Waals surface area contributed by atoms with Gasteiger partial charge in [0.1, 0.15) is 0 Å². The van der Waals surface area contributed by atoms with Gasteiger partial charge in [0.25, 0.3) is 0 Å². The van der Waals surface area contributed by atoms with E-state index in [9.17, 15) is 0 Å². The molecule has 0 fully saturated rings. The highest BCUT2D eigenvalue weighted by Gasteiger charge is 2.38. The van der Waals surface area contributed by atoms with E-state index < -0.39 is 0 Å². The molecule has 3 rings (SSSR count). The minimum Gasteiger partial charge on any atom is -0.352 e. The smallest absolute Gasteiger partial charge is 0.0919 e. The van der Waals surface area contributed by atoms with Crippen LogP contribution in [-0.2, 0) is 5.54 Å². The number of benzene rings is 2. The molecule has 2 aromatic rings. The Hall–Kier alpha value is -2.09. The number of hydrogen-bond donors (Lipinski definition) is 0. The monoisotopic (exact) mass is 334 g/mol. The lowest BCUT2D eigenvalue weighted by atomic mass is 9.77. The van der Waals surface area contributed by atoms with Crippen molar-refractivity contribution in [2.24, 2.45) is 4.99 Å². The van der Waals surface area contributed by atoms with Crippen LogP contribution in [0.5, 0.6) is 0 Å². The highest BCUT2D eigenvalue weighted by molar-refractivity contribution is 5.72. The van der Waals surface area contributed by atoms with Crippen molar-refractivity contribution < 1.29 is 0 Å². The average molecular weight is 335 g/mol. The van der Waals surface area contributed by atoms with Gasteiger partial charge in [-0.15, -0.1) is 0 Å². The number of fused-ring (bicyclic) bond motifs is 1. The van der Waals surface area contributed by atoms with Crippen molar-refractivity contribution in [2.75, 3.05) is 7.05 Å². The summed E-state index contributed by atoms with van der Waals surface area (Å²) in [5.41, 5.74) is 7.64. The highest BCUT2D eigenvalue weighted by atomic mass is 15.2. The minimum absolute atomic E-state index is 0.199. The molecule has 0 aliphatic carbocycles. The maximum atomic E-state index is 4.70. The van der Waals surface area contributed by atoms with Gasteiger partial charge in [-0.25, -0.2) is 4.99 Å². The molecule has 132 valence electrons. The standard InChI is InChI=1S/C23H30N2/c1-7-18(8-2)19-11-12-22-21(14-19)23(5,25(6)15-24-22)20-13-16(3)9-10-17(20)4/h9-15,18H,7-8H2,1-6H3. The van der Waals surface area contributed by atoms with E-state index in [4.69, 9.17) is 4.99 Å². The number of aryl methyl sites for hydroxylation is 2. The van der Waals surface area contributed by atoms with Crippen LogP contribution in [0.25, 0.3) is 0 Å². The van der Waals surface area contributed by atoms with E-state index >= 15 is 0 Å². The number of rotatable bonds is 4. The fourth-order valence-corrected chi connectivity index (χ4v) is 4.12. The van der Waals surface area contributed by atoms with Crippen LogP contribution in [0.1, 0.15) is 67.3 Å². The molecular weight excluding hydrogens is 304 g/mol. The zero-order valence-corrected chi connectivity index (χ0v) is 16.4. The van der Waals surface area contributed by atoms with Crippen molar-refractivity contribution >= 4 is 12.0 Å². The molecule has 0 saturated heterocycles. The second-order valence-electron chi connectivity index (χ2n) is 7.54. The lowest BCUT2D eigenvalue weighted by Crippen LogP contribution is -2.43. The second kappa shape index (κ2) is 6.67. The summed E-state index contributed by atoms with van der Waals surface area (Å²) >= 11 is 0. The van der Waals surface area contributed by atoms with E-state index in [1.165, 1.54) is 40.7 Å². The summed E-state index contributed by atoms with van der Waals surface area (Å²) in [6, 6.07) is 13.6. The average Bonchev–Trinajstić information content (AvgIpc) is 2.61. The summed E-state index contributed by atoms with van der Waals surface area (Å²) in [4.78, 5) is 6.96. The largest absolute Gasteiger partial charge is 0.352 e. The molecule has 1 aliphatic rings. The zero-order valence-electron chi connectivity index (χ0n) is 16.4. The highest BCUT2D eigenvalue weighted by Crippen LogP contribution is 2.44. The van der Waals surface area contributed by atoms with Crippen LogP contribution in [0.2, 0.25) is 0 Å². The van der Waals surface area contributed by atoms with E-state index in [-0.39, 0.29) is 5.54 Å². The third-order valence-electron chi connectivity index (χ3n) is 6.00. The van der Waals surface area contributed by atoms with Gasteiger partial charge in [-0.1, -0.05) is 49.7 Å². The first-order chi connectivity index (χ1) is 11.9. The van der Waals surface area contributed by atoms with Crippen molar-refractivity contribution in [1.82, 2.24) is 4.90 Å². The summed E-state index contributed by atoms with van der Waals surface area (Å²) in [5.74, 6) is 0.615. The summed E-state index contributed by atoms with van der Waals surface area (Å²) in [6.45, 7) is 11.3. The van der Waals surface area contributed by atoms with Crippen LogP contribution in [0.3, 0.4) is 0 Å². The quantitative estimate of drug-likeness (QED) is 0.662. The van der Waals surface area contributed by atoms with Crippen molar-refractivity contribution in [3.8, 4) is 0 Å². The van der Waals surface area contributed by atoms with Gasteiger partial charge in [0, 0.05) is 12.6 Å². The summed E-state index contributed by atoms with van der Waals surface area (Å²) < 4.78 is 0. The van der Waals surface area contributed by atoms with Gasteiger partial charge in [-0.3, -0.25) is 0 Å². The Labute approximate surface area is 152 Å². The molecule has 1 heterocycles. The van der Waals surface area contributed by atoms with Crippen LogP contribution in [0, 0.1) is 13.8 Å². The number of nitrogens with zero attached hydrogens (tertiary/aromatic N) is 2. The third kappa shape index (κ3) is 2.88. The molecule has 0 saturated carbocycles. The Balaban J connectivity index is 2.23. The van der Waals surface area contributed by atoms with Crippen LogP contribution in [-0.4, -0.2) is 18.3 Å². The molecule has 2 aromatic carbocycles. The molecule has 0 spiro atoms. The van der Waals surface area contributed by atoms with Crippen LogP contribution >= 0.6 is 0 Å². The topological polar surface area (TPSA) is 15.6 Å². The van der Waals surface area contributed by atoms with Gasteiger partial charge in [-0.05, 0) is 62.3 Å². The van der Waals surface area contributed by atoms with Gasteiger partial charge in [-0.2, -0.15) is 0 Å². The van der Waals surface area contributed by atoms with E-state index in [0.29, 0.717) is 5.92 Å². The Morgan fingerprint density at radius 1 is 1.00 bits per heavy atom. The van der Waals surface area contributed by atoms with Crippen molar-refractivity contribution in [2.45, 2.75) is 58.9 Å². The maximum absolute atomic E-state index is 4.70. The van der Waals surface area contributed by atoms with E-state index in [1.807, 2.05) is 6.34 Å². The van der Waals surface area contributed by atoms with Gasteiger partial charge in [0.15, 0.2) is 0 Å². The summed E-state index contributed by atoms with van der Waals surface area (Å²) in [7, 11) is 2.14. The molecule has 0 aromatic heterocycles. The van der Waals surface area contributed by atoms with Crippen molar-refractivity contribution in [3.05, 3.63) is 64.2 Å². The Bertz CT molecular complexity index is 802. The first-order valence-corrected chi connectivity index (χ1v) is 9.41. The van der Waals surface area contributed by atoms with E-state index in [0.717, 1.165) is 5.69 Å². The van der Waals surface area contributed by atoms with Crippen LogP contribution in [0.15, 0.2) is 41.4 Å². The normalized spacial score (nSPS) is 19.4. The molecule has 1 unspecified atom stereocenters. The third-order valence-corrected chi connectivity index (χ3v) is 6.00. The minimum atomic E-state index is -0.199. The van der Waals surface area contributed by atoms with E-state index in [2.05, 4.69) is 83.0 Å². The van der Waals surface area contributed by atoms with Gasteiger partial charge in [0.05, 0.1) is 17.6 Å². The summed E-state index contributed by atoms with van der Waals surface area (Å²) in [5, 5.41) is 0. The zero-order chi connectivity index (χ0) is 18.2. The van der Waals surface area contributed by atoms with Crippen LogP contribution < -0.4 is 0 Å². The Kier molecular flexibility index (Phi) is 4.73. The molecule has 0 amide bonds. The first kappa shape index (κ1) is 17.7. The van der Waals surface area contributed by atoms with Crippen LogP contribution in [0.4, 0.5) is 5.69 Å². The predicted molar refractivity (Wildman–Crippen MR) is 108 cm³/mol. The van der Waals surface area contributed by atoms with Gasteiger partial charge >= 0.3 is 0 Å². The number of aliphatic imine (C=N–C) groups is 1. The molecule has 1 atom stereocenters. The molecule has 0 N–H and O–H groups in total. The molecule has 25 heavy (non-hydrogen) atoms. The van der Waals surface area contributed by atoms with Gasteiger partial charge < -0.3 is 4.90 Å². The van der Waals surface area contributed by atoms with Crippen molar-refractivity contribution in [1.29, 1.82) is 0 Å². The fraction of sp³-hybridized carbons (Fsp3) is 0.435. The molecule has 2 nitrogen and oxygen atoms in total. The molecule has 2 heteroatoms. The SMILES string of the molecule is CCC(CC)c1ccc2c(c1)C(C)(c1cc(C)ccc1C)N(C)C=N2. The summed E-state index contributed by atoms with van der Waals surface area (Å²) in [6.07, 6.45) is 4.32. The Morgan fingerprint density at radius 3 is 2.40 bits per heavy atom. The fourth-order valence-electron chi connectivity index (χ4n) is 4.12. The molecule has 0 bridgehead atoms. The predicted octanol–water partition coefficient (Wildman–Crippen LogP) is 6.08. The lowest BCUT2D eigenvalue weighted by molar-refractivity contribution is 0.290. The van der Waals surface area contributed by atoms with Gasteiger partial charge in [0.2, 0.25) is 0 Å². The molecular formula is C23H30N2. The first-order valence-electron chi connectivity index (χ1n) is 9.41. The second-order valence-corrected chi connectivity index (χ2v) is 7.54. The molecule has 1 aliphatic heterocycles. The van der Waals surface area contributed by atoms with E-state index in [1.54, 1.807) is 0 Å². The molecule has 0 radical (unpaired) electrons. The lowest BCUT2D eigenvalue weighted by Gasteiger charge is -2.43.